The summed E-state index contributed by atoms with van der Waals surface area (Å²) in [7, 11) is 0. The van der Waals surface area contributed by atoms with Crippen molar-refractivity contribution in [2.75, 3.05) is 13.4 Å². The Hall–Kier alpha value is -1.71. The molecule has 0 bridgehead atoms. The lowest BCUT2D eigenvalue weighted by molar-refractivity contribution is 0.174. The molecule has 1 heterocycles. The third-order valence-corrected chi connectivity index (χ3v) is 3.74. The summed E-state index contributed by atoms with van der Waals surface area (Å²) in [5.41, 5.74) is 2.19. The van der Waals surface area contributed by atoms with E-state index in [1.807, 2.05) is 42.5 Å². The van der Waals surface area contributed by atoms with Gasteiger partial charge in [0.15, 0.2) is 11.5 Å². The van der Waals surface area contributed by atoms with Crippen LogP contribution in [-0.4, -0.2) is 18.5 Å². The fraction of sp³-hybridized carbons (Fsp3) is 0.250. The standard InChI is InChI=1S/C16H15ClO3/c17-14-4-1-11(2-5-14)7-13(9-18)12-3-6-15-16(8-12)20-10-19-15/h1-6,8,13,18H,7,9-10H2. The number of ether oxygens (including phenoxy) is 2. The first-order valence-corrected chi connectivity index (χ1v) is 6.89. The number of aliphatic hydroxyl groups is 1. The molecule has 3 rings (SSSR count). The highest BCUT2D eigenvalue weighted by atomic mass is 35.5. The second kappa shape index (κ2) is 5.73. The summed E-state index contributed by atoms with van der Waals surface area (Å²) in [6, 6.07) is 13.5. The summed E-state index contributed by atoms with van der Waals surface area (Å²) < 4.78 is 10.7. The van der Waals surface area contributed by atoms with Gasteiger partial charge in [-0.3, -0.25) is 0 Å². The van der Waals surface area contributed by atoms with Gasteiger partial charge in [-0.05, 0) is 41.8 Å². The van der Waals surface area contributed by atoms with Crippen molar-refractivity contribution in [1.82, 2.24) is 0 Å². The van der Waals surface area contributed by atoms with Crippen molar-refractivity contribution >= 4 is 11.6 Å². The molecule has 0 saturated carbocycles. The molecule has 0 fully saturated rings. The van der Waals surface area contributed by atoms with Gasteiger partial charge in [-0.2, -0.15) is 0 Å². The van der Waals surface area contributed by atoms with Crippen LogP contribution in [0.1, 0.15) is 17.0 Å². The van der Waals surface area contributed by atoms with Gasteiger partial charge in [0.05, 0.1) is 6.61 Å². The molecule has 0 saturated heterocycles. The Morgan fingerprint density at radius 1 is 1.05 bits per heavy atom. The van der Waals surface area contributed by atoms with Gasteiger partial charge in [-0.25, -0.2) is 0 Å². The number of benzene rings is 2. The van der Waals surface area contributed by atoms with Crippen LogP contribution in [0, 0.1) is 0 Å². The first kappa shape index (κ1) is 13.3. The van der Waals surface area contributed by atoms with Crippen LogP contribution in [0.4, 0.5) is 0 Å². The normalized spacial score (nSPS) is 14.3. The molecular formula is C16H15ClO3. The highest BCUT2D eigenvalue weighted by Gasteiger charge is 2.18. The van der Waals surface area contributed by atoms with Crippen molar-refractivity contribution in [1.29, 1.82) is 0 Å². The zero-order valence-electron chi connectivity index (χ0n) is 10.9. The molecule has 1 aliphatic rings. The lowest BCUT2D eigenvalue weighted by Crippen LogP contribution is -2.07. The van der Waals surface area contributed by atoms with Crippen LogP contribution in [0.2, 0.25) is 5.02 Å². The monoisotopic (exact) mass is 290 g/mol. The maximum absolute atomic E-state index is 9.65. The van der Waals surface area contributed by atoms with Gasteiger partial charge in [0.2, 0.25) is 6.79 Å². The molecule has 4 heteroatoms. The zero-order chi connectivity index (χ0) is 13.9. The second-order valence-electron chi connectivity index (χ2n) is 4.82. The summed E-state index contributed by atoms with van der Waals surface area (Å²) in [4.78, 5) is 0. The van der Waals surface area contributed by atoms with Gasteiger partial charge >= 0.3 is 0 Å². The van der Waals surface area contributed by atoms with Gasteiger partial charge in [0.25, 0.3) is 0 Å². The van der Waals surface area contributed by atoms with E-state index in [9.17, 15) is 5.11 Å². The second-order valence-corrected chi connectivity index (χ2v) is 5.26. The molecule has 0 aromatic heterocycles. The fourth-order valence-corrected chi connectivity index (χ4v) is 2.49. The summed E-state index contributed by atoms with van der Waals surface area (Å²) >= 11 is 5.88. The minimum absolute atomic E-state index is 0.0330. The van der Waals surface area contributed by atoms with Gasteiger partial charge in [0, 0.05) is 10.9 Å². The third kappa shape index (κ3) is 2.74. The number of aliphatic hydroxyl groups excluding tert-OH is 1. The average molecular weight is 291 g/mol. The van der Waals surface area contributed by atoms with E-state index in [-0.39, 0.29) is 19.3 Å². The summed E-state index contributed by atoms with van der Waals surface area (Å²) in [6.07, 6.45) is 0.757. The molecule has 0 spiro atoms. The molecule has 3 nitrogen and oxygen atoms in total. The molecule has 2 aromatic carbocycles. The molecule has 20 heavy (non-hydrogen) atoms. The number of rotatable bonds is 4. The predicted molar refractivity (Wildman–Crippen MR) is 77.5 cm³/mol. The molecule has 104 valence electrons. The quantitative estimate of drug-likeness (QED) is 0.938. The summed E-state index contributed by atoms with van der Waals surface area (Å²) in [5, 5.41) is 10.4. The Labute approximate surface area is 122 Å². The predicted octanol–water partition coefficient (Wildman–Crippen LogP) is 3.39. The first-order chi connectivity index (χ1) is 9.76. The van der Waals surface area contributed by atoms with Crippen LogP contribution in [0.3, 0.4) is 0 Å². The van der Waals surface area contributed by atoms with Crippen molar-refractivity contribution in [3.05, 3.63) is 58.6 Å². The van der Waals surface area contributed by atoms with E-state index >= 15 is 0 Å². The Morgan fingerprint density at radius 3 is 2.55 bits per heavy atom. The fourth-order valence-electron chi connectivity index (χ4n) is 2.36. The molecule has 0 radical (unpaired) electrons. The van der Waals surface area contributed by atoms with Crippen LogP contribution >= 0.6 is 11.6 Å². The van der Waals surface area contributed by atoms with E-state index in [4.69, 9.17) is 21.1 Å². The number of fused-ring (bicyclic) bond motifs is 1. The van der Waals surface area contributed by atoms with Crippen molar-refractivity contribution < 1.29 is 14.6 Å². The minimum Gasteiger partial charge on any atom is -0.454 e. The van der Waals surface area contributed by atoms with Crippen molar-refractivity contribution in [2.45, 2.75) is 12.3 Å². The van der Waals surface area contributed by atoms with Crippen LogP contribution in [-0.2, 0) is 6.42 Å². The van der Waals surface area contributed by atoms with E-state index in [0.29, 0.717) is 0 Å². The number of halogens is 1. The summed E-state index contributed by atoms with van der Waals surface area (Å²) in [6.45, 7) is 0.349. The Bertz CT molecular complexity index is 595. The highest BCUT2D eigenvalue weighted by molar-refractivity contribution is 6.30. The Morgan fingerprint density at radius 2 is 1.80 bits per heavy atom. The summed E-state index contributed by atoms with van der Waals surface area (Å²) in [5.74, 6) is 1.54. The minimum atomic E-state index is 0.0330. The molecular weight excluding hydrogens is 276 g/mol. The molecule has 1 atom stereocenters. The molecule has 0 amide bonds. The van der Waals surface area contributed by atoms with Crippen molar-refractivity contribution in [3.8, 4) is 11.5 Å². The van der Waals surface area contributed by atoms with E-state index < -0.39 is 0 Å². The maximum Gasteiger partial charge on any atom is 0.231 e. The van der Waals surface area contributed by atoms with E-state index in [0.717, 1.165) is 34.1 Å². The first-order valence-electron chi connectivity index (χ1n) is 6.51. The van der Waals surface area contributed by atoms with E-state index in [1.165, 1.54) is 0 Å². The molecule has 0 aliphatic carbocycles. The Kier molecular flexibility index (Phi) is 3.81. The lowest BCUT2D eigenvalue weighted by atomic mass is 9.92. The van der Waals surface area contributed by atoms with Crippen molar-refractivity contribution in [3.63, 3.8) is 0 Å². The van der Waals surface area contributed by atoms with E-state index in [1.54, 1.807) is 0 Å². The van der Waals surface area contributed by atoms with E-state index in [2.05, 4.69) is 0 Å². The lowest BCUT2D eigenvalue weighted by Gasteiger charge is -2.15. The van der Waals surface area contributed by atoms with Gasteiger partial charge in [-0.15, -0.1) is 0 Å². The zero-order valence-corrected chi connectivity index (χ0v) is 11.6. The van der Waals surface area contributed by atoms with Gasteiger partial charge < -0.3 is 14.6 Å². The Balaban J connectivity index is 1.81. The molecule has 1 N–H and O–H groups in total. The third-order valence-electron chi connectivity index (χ3n) is 3.48. The van der Waals surface area contributed by atoms with Crippen LogP contribution < -0.4 is 9.47 Å². The molecule has 2 aromatic rings. The van der Waals surface area contributed by atoms with Crippen molar-refractivity contribution in [2.24, 2.45) is 0 Å². The highest BCUT2D eigenvalue weighted by Crippen LogP contribution is 2.35. The van der Waals surface area contributed by atoms with Crippen LogP contribution in [0.5, 0.6) is 11.5 Å². The maximum atomic E-state index is 9.65. The number of hydrogen-bond donors (Lipinski definition) is 1. The molecule has 1 unspecified atom stereocenters. The molecule has 1 aliphatic heterocycles. The number of hydrogen-bond acceptors (Lipinski definition) is 3. The largest absolute Gasteiger partial charge is 0.454 e. The average Bonchev–Trinajstić information content (AvgIpc) is 2.94. The van der Waals surface area contributed by atoms with Crippen LogP contribution in [0.25, 0.3) is 0 Å². The van der Waals surface area contributed by atoms with Gasteiger partial charge in [-0.1, -0.05) is 29.8 Å². The van der Waals surface area contributed by atoms with Gasteiger partial charge in [0.1, 0.15) is 0 Å². The van der Waals surface area contributed by atoms with Crippen LogP contribution in [0.15, 0.2) is 42.5 Å². The topological polar surface area (TPSA) is 38.7 Å². The smallest absolute Gasteiger partial charge is 0.231 e. The SMILES string of the molecule is OCC(Cc1ccc(Cl)cc1)c1ccc2c(c1)OCO2.